The van der Waals surface area contributed by atoms with Crippen molar-refractivity contribution in [2.75, 3.05) is 0 Å². The van der Waals surface area contributed by atoms with E-state index < -0.39 is 0 Å². The van der Waals surface area contributed by atoms with Crippen molar-refractivity contribution >= 4 is 5.91 Å². The van der Waals surface area contributed by atoms with Gasteiger partial charge in [0.15, 0.2) is 0 Å². The Labute approximate surface area is 151 Å². The van der Waals surface area contributed by atoms with Gasteiger partial charge in [0, 0.05) is 26.1 Å². The quantitative estimate of drug-likeness (QED) is 0.719. The lowest BCUT2D eigenvalue weighted by Gasteiger charge is -2.33. The summed E-state index contributed by atoms with van der Waals surface area (Å²) in [6.45, 7) is 0.585. The van der Waals surface area contributed by atoms with E-state index in [9.17, 15) is 4.79 Å². The standard InChI is InChI=1S/C18H21N7O/c1-24-12-19-11-16(24)18-15(7-8-17(26)22-18)20-9-13-10-21-25(23-13)14-5-3-2-4-6-14/h2-6,10-12,15,18,20H,7-9H2,1H3,(H,22,26)/t15-,18-/m1/s1. The topological polar surface area (TPSA) is 89.7 Å². The third-order valence-electron chi connectivity index (χ3n) is 4.65. The number of imidazole rings is 1. The fourth-order valence-electron chi connectivity index (χ4n) is 3.26. The van der Waals surface area contributed by atoms with Crippen LogP contribution in [0.2, 0.25) is 0 Å². The molecule has 3 aromatic rings. The first kappa shape index (κ1) is 16.5. The number of hydrogen-bond donors (Lipinski definition) is 2. The molecule has 8 heteroatoms. The summed E-state index contributed by atoms with van der Waals surface area (Å²) in [7, 11) is 1.94. The maximum atomic E-state index is 11.9. The molecule has 0 radical (unpaired) electrons. The lowest BCUT2D eigenvalue weighted by molar-refractivity contribution is -0.124. The molecule has 1 amide bonds. The van der Waals surface area contributed by atoms with Gasteiger partial charge in [-0.2, -0.15) is 15.0 Å². The van der Waals surface area contributed by atoms with E-state index in [1.54, 1.807) is 23.5 Å². The van der Waals surface area contributed by atoms with Crippen LogP contribution in [0.1, 0.15) is 30.3 Å². The van der Waals surface area contributed by atoms with Crippen LogP contribution in [0.3, 0.4) is 0 Å². The average Bonchev–Trinajstić information content (AvgIpc) is 3.30. The number of carbonyl (C=O) groups is 1. The van der Waals surface area contributed by atoms with Crippen LogP contribution in [0.15, 0.2) is 49.1 Å². The first-order valence-corrected chi connectivity index (χ1v) is 8.66. The van der Waals surface area contributed by atoms with Crippen LogP contribution in [-0.2, 0) is 18.4 Å². The number of nitrogens with zero attached hydrogens (tertiary/aromatic N) is 5. The molecule has 0 unspecified atom stereocenters. The van der Waals surface area contributed by atoms with Gasteiger partial charge in [0.2, 0.25) is 5.91 Å². The van der Waals surface area contributed by atoms with E-state index in [2.05, 4.69) is 25.8 Å². The highest BCUT2D eigenvalue weighted by atomic mass is 16.1. The zero-order valence-electron chi connectivity index (χ0n) is 14.5. The largest absolute Gasteiger partial charge is 0.346 e. The Kier molecular flexibility index (Phi) is 4.49. The number of nitrogens with one attached hydrogen (secondary N) is 2. The number of aryl methyl sites for hydroxylation is 1. The zero-order chi connectivity index (χ0) is 17.9. The second kappa shape index (κ2) is 7.09. The van der Waals surface area contributed by atoms with Gasteiger partial charge >= 0.3 is 0 Å². The highest BCUT2D eigenvalue weighted by molar-refractivity contribution is 5.77. The van der Waals surface area contributed by atoms with Gasteiger partial charge in [-0.3, -0.25) is 4.79 Å². The summed E-state index contributed by atoms with van der Waals surface area (Å²) in [6.07, 6.45) is 6.60. The number of rotatable bonds is 5. The molecule has 0 saturated carbocycles. The fourth-order valence-corrected chi connectivity index (χ4v) is 3.26. The van der Waals surface area contributed by atoms with Crippen LogP contribution < -0.4 is 10.6 Å². The highest BCUT2D eigenvalue weighted by Gasteiger charge is 2.31. The second-order valence-electron chi connectivity index (χ2n) is 6.46. The molecule has 2 N–H and O–H groups in total. The third-order valence-corrected chi connectivity index (χ3v) is 4.65. The van der Waals surface area contributed by atoms with Gasteiger partial charge < -0.3 is 15.2 Å². The van der Waals surface area contributed by atoms with Crippen molar-refractivity contribution in [1.29, 1.82) is 0 Å². The zero-order valence-corrected chi connectivity index (χ0v) is 14.5. The molecular weight excluding hydrogens is 330 g/mol. The predicted octanol–water partition coefficient (Wildman–Crippen LogP) is 1.11. The van der Waals surface area contributed by atoms with Crippen molar-refractivity contribution in [2.45, 2.75) is 31.5 Å². The summed E-state index contributed by atoms with van der Waals surface area (Å²) >= 11 is 0. The van der Waals surface area contributed by atoms with Crippen molar-refractivity contribution in [2.24, 2.45) is 7.05 Å². The molecule has 1 aliphatic rings. The summed E-state index contributed by atoms with van der Waals surface area (Å²) in [5.74, 6) is 0.0734. The van der Waals surface area contributed by atoms with E-state index in [4.69, 9.17) is 0 Å². The number of hydrogen-bond acceptors (Lipinski definition) is 5. The molecule has 1 saturated heterocycles. The van der Waals surface area contributed by atoms with Gasteiger partial charge in [0.25, 0.3) is 0 Å². The third kappa shape index (κ3) is 3.36. The predicted molar refractivity (Wildman–Crippen MR) is 95.3 cm³/mol. The van der Waals surface area contributed by atoms with E-state index >= 15 is 0 Å². The van der Waals surface area contributed by atoms with Crippen LogP contribution in [0.4, 0.5) is 0 Å². The molecule has 0 aliphatic carbocycles. The minimum Gasteiger partial charge on any atom is -0.346 e. The molecule has 0 spiro atoms. The Morgan fingerprint density at radius 2 is 2.12 bits per heavy atom. The molecular formula is C18H21N7O. The smallest absolute Gasteiger partial charge is 0.220 e. The molecule has 1 aliphatic heterocycles. The lowest BCUT2D eigenvalue weighted by atomic mass is 9.95. The van der Waals surface area contributed by atoms with E-state index in [0.29, 0.717) is 13.0 Å². The number of aromatic nitrogens is 5. The van der Waals surface area contributed by atoms with Crippen LogP contribution >= 0.6 is 0 Å². The molecule has 2 atom stereocenters. The molecule has 3 heterocycles. The van der Waals surface area contributed by atoms with Crippen molar-refractivity contribution < 1.29 is 4.79 Å². The number of carbonyl (C=O) groups excluding carboxylic acids is 1. The van der Waals surface area contributed by atoms with Crippen molar-refractivity contribution in [3.63, 3.8) is 0 Å². The minimum absolute atomic E-state index is 0.0734. The highest BCUT2D eigenvalue weighted by Crippen LogP contribution is 2.24. The van der Waals surface area contributed by atoms with Gasteiger partial charge in [-0.1, -0.05) is 18.2 Å². The van der Waals surface area contributed by atoms with Gasteiger partial charge in [0.1, 0.15) is 0 Å². The van der Waals surface area contributed by atoms with Crippen molar-refractivity contribution in [3.8, 4) is 5.69 Å². The first-order valence-electron chi connectivity index (χ1n) is 8.66. The first-order chi connectivity index (χ1) is 12.7. The maximum Gasteiger partial charge on any atom is 0.220 e. The van der Waals surface area contributed by atoms with Crippen molar-refractivity contribution in [3.05, 3.63) is 60.4 Å². The van der Waals surface area contributed by atoms with E-state index in [0.717, 1.165) is 23.5 Å². The Morgan fingerprint density at radius 1 is 1.27 bits per heavy atom. The second-order valence-corrected chi connectivity index (χ2v) is 6.46. The normalized spacial score (nSPS) is 20.1. The summed E-state index contributed by atoms with van der Waals surface area (Å²) in [4.78, 5) is 17.7. The fraction of sp³-hybridized carbons (Fsp3) is 0.333. The number of benzene rings is 1. The van der Waals surface area contributed by atoms with Gasteiger partial charge in [-0.05, 0) is 18.6 Å². The number of para-hydroxylation sites is 1. The monoisotopic (exact) mass is 351 g/mol. The Morgan fingerprint density at radius 3 is 2.88 bits per heavy atom. The van der Waals surface area contributed by atoms with E-state index in [1.165, 1.54) is 0 Å². The molecule has 26 heavy (non-hydrogen) atoms. The van der Waals surface area contributed by atoms with Gasteiger partial charge in [-0.25, -0.2) is 4.98 Å². The number of amides is 1. The van der Waals surface area contributed by atoms with Crippen LogP contribution in [0.25, 0.3) is 5.69 Å². The maximum absolute atomic E-state index is 11.9. The van der Waals surface area contributed by atoms with E-state index in [-0.39, 0.29) is 18.0 Å². The summed E-state index contributed by atoms with van der Waals surface area (Å²) < 4.78 is 1.94. The van der Waals surface area contributed by atoms with Crippen molar-refractivity contribution in [1.82, 2.24) is 35.2 Å². The van der Waals surface area contributed by atoms with Crippen LogP contribution in [0.5, 0.6) is 0 Å². The van der Waals surface area contributed by atoms with Crippen LogP contribution in [-0.4, -0.2) is 36.5 Å². The van der Waals surface area contributed by atoms with Gasteiger partial charge in [0.05, 0.1) is 41.8 Å². The molecule has 8 nitrogen and oxygen atoms in total. The minimum atomic E-state index is -0.104. The molecule has 2 aromatic heterocycles. The average molecular weight is 351 g/mol. The summed E-state index contributed by atoms with van der Waals surface area (Å²) in [6, 6.07) is 9.82. The van der Waals surface area contributed by atoms with Crippen LogP contribution in [0, 0.1) is 0 Å². The molecule has 1 fully saturated rings. The SMILES string of the molecule is Cn1cncc1[C@@H]1NC(=O)CC[C@H]1NCc1cnn(-c2ccccc2)n1. The lowest BCUT2D eigenvalue weighted by Crippen LogP contribution is -2.48. The molecule has 0 bridgehead atoms. The Hall–Kier alpha value is -3.00. The summed E-state index contributed by atoms with van der Waals surface area (Å²) in [5.41, 5.74) is 2.77. The van der Waals surface area contributed by atoms with Gasteiger partial charge in [-0.15, -0.1) is 0 Å². The Balaban J connectivity index is 1.45. The molecule has 1 aromatic carbocycles. The van der Waals surface area contributed by atoms with E-state index in [1.807, 2.05) is 41.9 Å². The summed E-state index contributed by atoms with van der Waals surface area (Å²) in [5, 5.41) is 15.4. The Bertz CT molecular complexity index is 886. The molecule has 4 rings (SSSR count). The molecule has 134 valence electrons. The number of piperidine rings is 1.